The van der Waals surface area contributed by atoms with E-state index in [9.17, 15) is 10.1 Å². The normalized spacial score (nSPS) is 13.8. The number of hydrogen-bond donors (Lipinski definition) is 0. The van der Waals surface area contributed by atoms with Gasteiger partial charge in [-0.05, 0) is 30.7 Å². The van der Waals surface area contributed by atoms with Crippen molar-refractivity contribution in [3.05, 3.63) is 58.4 Å². The van der Waals surface area contributed by atoms with Crippen LogP contribution >= 0.6 is 11.8 Å². The summed E-state index contributed by atoms with van der Waals surface area (Å²) in [7, 11) is 0. The van der Waals surface area contributed by atoms with Crippen molar-refractivity contribution in [2.45, 2.75) is 42.4 Å². The van der Waals surface area contributed by atoms with Gasteiger partial charge < -0.3 is 4.57 Å². The van der Waals surface area contributed by atoms with E-state index in [1.807, 2.05) is 30.3 Å². The first kappa shape index (κ1) is 16.7. The quantitative estimate of drug-likeness (QED) is 0.509. The zero-order valence-corrected chi connectivity index (χ0v) is 14.9. The Morgan fingerprint density at radius 3 is 2.69 bits per heavy atom. The molecule has 1 aliphatic rings. The molecule has 0 unspecified atom stereocenters. The Balaban J connectivity index is 1.70. The average molecular weight is 367 g/mol. The highest BCUT2D eigenvalue weighted by Gasteiger charge is 2.20. The number of aryl methyl sites for hydroxylation is 1. The fraction of sp³-hybridized carbons (Fsp3) is 0.278. The van der Waals surface area contributed by atoms with E-state index in [-0.39, 0.29) is 5.69 Å². The molecule has 0 saturated carbocycles. The van der Waals surface area contributed by atoms with Gasteiger partial charge in [-0.3, -0.25) is 10.1 Å². The minimum atomic E-state index is -0.396. The molecule has 0 spiro atoms. The van der Waals surface area contributed by atoms with Crippen molar-refractivity contribution in [1.29, 1.82) is 0 Å². The molecule has 0 fully saturated rings. The second kappa shape index (κ2) is 7.25. The van der Waals surface area contributed by atoms with Crippen LogP contribution in [-0.2, 0) is 13.0 Å². The van der Waals surface area contributed by atoms with Gasteiger partial charge in [-0.15, -0.1) is 10.2 Å². The Kier molecular flexibility index (Phi) is 4.66. The number of nitrogens with zero attached hydrogens (tertiary/aromatic N) is 5. The summed E-state index contributed by atoms with van der Waals surface area (Å²) in [6.45, 7) is 0.906. The van der Waals surface area contributed by atoms with E-state index >= 15 is 0 Å². The minimum Gasteiger partial charge on any atom is -0.306 e. The molecule has 2 aromatic heterocycles. The molecule has 0 amide bonds. The summed E-state index contributed by atoms with van der Waals surface area (Å²) in [6, 6.07) is 12.4. The predicted molar refractivity (Wildman–Crippen MR) is 98.0 cm³/mol. The lowest BCUT2D eigenvalue weighted by atomic mass is 10.1. The summed E-state index contributed by atoms with van der Waals surface area (Å²) in [5.74, 6) is 1.01. The lowest BCUT2D eigenvalue weighted by molar-refractivity contribution is -0.384. The smallest absolute Gasteiger partial charge is 0.295 e. The van der Waals surface area contributed by atoms with E-state index in [0.29, 0.717) is 10.7 Å². The van der Waals surface area contributed by atoms with Crippen molar-refractivity contribution in [3.8, 4) is 11.3 Å². The standard InChI is InChI=1S/C18H17N5O2S/c24-23(25)14-10-11-16(19-17(14)13-7-3-1-4-8-13)26-18-21-20-15-9-5-2-6-12-22(15)18/h1,3-4,7-8,10-11H,2,5-6,9,12H2. The molecule has 0 radical (unpaired) electrons. The Hall–Kier alpha value is -2.74. The number of aromatic nitrogens is 4. The Labute approximate surface area is 154 Å². The highest BCUT2D eigenvalue weighted by atomic mass is 32.2. The van der Waals surface area contributed by atoms with Crippen LogP contribution in [0.3, 0.4) is 0 Å². The lowest BCUT2D eigenvalue weighted by Crippen LogP contribution is -2.02. The van der Waals surface area contributed by atoms with Gasteiger partial charge in [0.25, 0.3) is 5.69 Å². The zero-order chi connectivity index (χ0) is 17.9. The molecule has 8 heteroatoms. The van der Waals surface area contributed by atoms with Crippen molar-refractivity contribution < 1.29 is 4.92 Å². The van der Waals surface area contributed by atoms with Gasteiger partial charge in [0.1, 0.15) is 16.5 Å². The summed E-state index contributed by atoms with van der Waals surface area (Å²) in [5, 5.41) is 21.4. The molecule has 3 aromatic rings. The Morgan fingerprint density at radius 2 is 1.88 bits per heavy atom. The molecule has 0 saturated heterocycles. The zero-order valence-electron chi connectivity index (χ0n) is 14.0. The van der Waals surface area contributed by atoms with Crippen LogP contribution in [0.15, 0.2) is 52.6 Å². The van der Waals surface area contributed by atoms with Gasteiger partial charge >= 0.3 is 0 Å². The van der Waals surface area contributed by atoms with Gasteiger partial charge in [-0.25, -0.2) is 4.98 Å². The molecule has 0 atom stereocenters. The van der Waals surface area contributed by atoms with Crippen LogP contribution < -0.4 is 0 Å². The first-order chi connectivity index (χ1) is 12.7. The summed E-state index contributed by atoms with van der Waals surface area (Å²) >= 11 is 1.40. The number of benzene rings is 1. The molecular formula is C18H17N5O2S. The van der Waals surface area contributed by atoms with Crippen LogP contribution in [0, 0.1) is 10.1 Å². The van der Waals surface area contributed by atoms with Crippen LogP contribution in [0.1, 0.15) is 25.1 Å². The number of fused-ring (bicyclic) bond motifs is 1. The second-order valence-corrected chi connectivity index (χ2v) is 7.09. The van der Waals surface area contributed by atoms with E-state index in [1.54, 1.807) is 6.07 Å². The maximum Gasteiger partial charge on any atom is 0.295 e. The van der Waals surface area contributed by atoms with Crippen LogP contribution in [0.5, 0.6) is 0 Å². The second-order valence-electron chi connectivity index (χ2n) is 6.10. The molecule has 1 aliphatic heterocycles. The van der Waals surface area contributed by atoms with Gasteiger partial charge in [0.15, 0.2) is 5.16 Å². The highest BCUT2D eigenvalue weighted by molar-refractivity contribution is 7.99. The van der Waals surface area contributed by atoms with Crippen molar-refractivity contribution in [1.82, 2.24) is 19.7 Å². The summed E-state index contributed by atoms with van der Waals surface area (Å²) in [4.78, 5) is 15.5. The van der Waals surface area contributed by atoms with E-state index in [0.717, 1.165) is 42.4 Å². The molecule has 7 nitrogen and oxygen atoms in total. The summed E-state index contributed by atoms with van der Waals surface area (Å²) in [6.07, 6.45) is 4.39. The van der Waals surface area contributed by atoms with E-state index in [4.69, 9.17) is 0 Å². The fourth-order valence-corrected chi connectivity index (χ4v) is 3.92. The topological polar surface area (TPSA) is 86.7 Å². The number of nitro groups is 1. The van der Waals surface area contributed by atoms with Crippen molar-refractivity contribution >= 4 is 17.4 Å². The van der Waals surface area contributed by atoms with E-state index in [2.05, 4.69) is 19.7 Å². The van der Waals surface area contributed by atoms with Crippen LogP contribution in [0.2, 0.25) is 0 Å². The summed E-state index contributed by atoms with van der Waals surface area (Å²) in [5.41, 5.74) is 1.10. The molecule has 3 heterocycles. The van der Waals surface area contributed by atoms with Crippen LogP contribution in [0.25, 0.3) is 11.3 Å². The van der Waals surface area contributed by atoms with Crippen LogP contribution in [-0.4, -0.2) is 24.7 Å². The number of rotatable bonds is 4. The maximum atomic E-state index is 11.4. The molecular weight excluding hydrogens is 350 g/mol. The SMILES string of the molecule is O=[N+]([O-])c1ccc(Sc2nnc3n2CCCCC3)nc1-c1ccccc1. The maximum absolute atomic E-state index is 11.4. The van der Waals surface area contributed by atoms with Crippen molar-refractivity contribution in [2.75, 3.05) is 0 Å². The lowest BCUT2D eigenvalue weighted by Gasteiger charge is -2.07. The molecule has 1 aromatic carbocycles. The number of pyridine rings is 1. The van der Waals surface area contributed by atoms with E-state index < -0.39 is 4.92 Å². The largest absolute Gasteiger partial charge is 0.306 e. The summed E-state index contributed by atoms with van der Waals surface area (Å²) < 4.78 is 2.14. The third-order valence-electron chi connectivity index (χ3n) is 4.36. The third kappa shape index (κ3) is 3.32. The van der Waals surface area contributed by atoms with Gasteiger partial charge in [-0.2, -0.15) is 0 Å². The van der Waals surface area contributed by atoms with Crippen molar-refractivity contribution in [2.24, 2.45) is 0 Å². The van der Waals surface area contributed by atoms with Gasteiger partial charge in [0, 0.05) is 24.6 Å². The third-order valence-corrected chi connectivity index (χ3v) is 5.28. The molecule has 0 aliphatic carbocycles. The molecule has 4 rings (SSSR count). The van der Waals surface area contributed by atoms with Gasteiger partial charge in [0.05, 0.1) is 4.92 Å². The fourth-order valence-electron chi connectivity index (χ4n) is 3.07. The Bertz CT molecular complexity index is 942. The molecule has 0 N–H and O–H groups in total. The highest BCUT2D eigenvalue weighted by Crippen LogP contribution is 2.33. The minimum absolute atomic E-state index is 0.000576. The van der Waals surface area contributed by atoms with Gasteiger partial charge in [-0.1, -0.05) is 36.8 Å². The predicted octanol–water partition coefficient (Wildman–Crippen LogP) is 4.13. The first-order valence-corrected chi connectivity index (χ1v) is 9.35. The monoisotopic (exact) mass is 367 g/mol. The average Bonchev–Trinajstić information content (AvgIpc) is 2.89. The molecule has 132 valence electrons. The Morgan fingerprint density at radius 1 is 1.04 bits per heavy atom. The molecule has 26 heavy (non-hydrogen) atoms. The van der Waals surface area contributed by atoms with Crippen LogP contribution in [0.4, 0.5) is 5.69 Å². The van der Waals surface area contributed by atoms with E-state index in [1.165, 1.54) is 24.2 Å². The first-order valence-electron chi connectivity index (χ1n) is 8.53. The van der Waals surface area contributed by atoms with Gasteiger partial charge in [0.2, 0.25) is 0 Å². The molecule has 0 bridgehead atoms. The number of hydrogen-bond acceptors (Lipinski definition) is 6. The van der Waals surface area contributed by atoms with Crippen molar-refractivity contribution in [3.63, 3.8) is 0 Å².